The molecule has 0 amide bonds. The molecule has 1 saturated carbocycles. The molecule has 1 N–H and O–H groups in total. The van der Waals surface area contributed by atoms with E-state index in [9.17, 15) is 10.1 Å². The lowest BCUT2D eigenvalue weighted by molar-refractivity contribution is -0.384. The van der Waals surface area contributed by atoms with Crippen LogP contribution in [0.4, 0.5) is 11.4 Å². The molecule has 21 heavy (non-hydrogen) atoms. The van der Waals surface area contributed by atoms with E-state index >= 15 is 0 Å². The van der Waals surface area contributed by atoms with Gasteiger partial charge in [0.1, 0.15) is 11.9 Å². The lowest BCUT2D eigenvalue weighted by Gasteiger charge is -2.15. The lowest BCUT2D eigenvalue weighted by Crippen LogP contribution is -2.16. The Morgan fingerprint density at radius 3 is 2.81 bits per heavy atom. The molecule has 1 aliphatic carbocycles. The van der Waals surface area contributed by atoms with Crippen molar-refractivity contribution in [3.05, 3.63) is 40.1 Å². The molecule has 6 nitrogen and oxygen atoms in total. The first kappa shape index (κ1) is 13.3. The molecule has 0 spiro atoms. The van der Waals surface area contributed by atoms with Crippen LogP contribution < -0.4 is 5.32 Å². The molecule has 106 valence electrons. The first-order valence-corrected chi connectivity index (χ1v) is 6.93. The highest BCUT2D eigenvalue weighted by Crippen LogP contribution is 2.34. The van der Waals surface area contributed by atoms with E-state index in [-0.39, 0.29) is 11.7 Å². The van der Waals surface area contributed by atoms with E-state index in [1.807, 2.05) is 0 Å². The van der Waals surface area contributed by atoms with E-state index in [0.29, 0.717) is 22.2 Å². The van der Waals surface area contributed by atoms with Gasteiger partial charge in [0.15, 0.2) is 0 Å². The summed E-state index contributed by atoms with van der Waals surface area (Å²) in [6.07, 6.45) is 5.58. The van der Waals surface area contributed by atoms with Crippen LogP contribution in [0.1, 0.15) is 31.2 Å². The fraction of sp³-hybridized carbons (Fsp3) is 0.333. The second kappa shape index (κ2) is 5.37. The summed E-state index contributed by atoms with van der Waals surface area (Å²) < 4.78 is 0. The summed E-state index contributed by atoms with van der Waals surface area (Å²) in [4.78, 5) is 14.9. The van der Waals surface area contributed by atoms with Crippen molar-refractivity contribution in [2.45, 2.75) is 31.7 Å². The van der Waals surface area contributed by atoms with Gasteiger partial charge in [-0.05, 0) is 31.0 Å². The van der Waals surface area contributed by atoms with Gasteiger partial charge in [0.25, 0.3) is 0 Å². The molecule has 1 aliphatic rings. The number of nitriles is 1. The smallest absolute Gasteiger partial charge is 0.311 e. The molecule has 3 rings (SSSR count). The van der Waals surface area contributed by atoms with Crippen molar-refractivity contribution >= 4 is 22.3 Å². The number of nitro groups is 1. The molecule has 6 heteroatoms. The SMILES string of the molecule is N#Cc1ccc2ncc([N+](=O)[O-])c(NC3CCCC3)c2c1. The summed E-state index contributed by atoms with van der Waals surface area (Å²) in [6.45, 7) is 0. The Morgan fingerprint density at radius 2 is 2.14 bits per heavy atom. The zero-order valence-corrected chi connectivity index (χ0v) is 11.4. The molecule has 1 fully saturated rings. The second-order valence-electron chi connectivity index (χ2n) is 5.24. The van der Waals surface area contributed by atoms with Crippen molar-refractivity contribution in [3.8, 4) is 6.07 Å². The minimum Gasteiger partial charge on any atom is -0.376 e. The molecule has 1 aromatic heterocycles. The third kappa shape index (κ3) is 2.50. The topological polar surface area (TPSA) is 91.8 Å². The van der Waals surface area contributed by atoms with Crippen molar-refractivity contribution in [3.63, 3.8) is 0 Å². The van der Waals surface area contributed by atoms with E-state index in [0.717, 1.165) is 25.7 Å². The zero-order valence-electron chi connectivity index (χ0n) is 11.4. The van der Waals surface area contributed by atoms with Gasteiger partial charge in [0, 0.05) is 11.4 Å². The highest BCUT2D eigenvalue weighted by atomic mass is 16.6. The molecule has 0 bridgehead atoms. The number of nitrogens with zero attached hydrogens (tertiary/aromatic N) is 3. The molecule has 0 saturated heterocycles. The number of hydrogen-bond donors (Lipinski definition) is 1. The fourth-order valence-corrected chi connectivity index (χ4v) is 2.82. The molecule has 1 heterocycles. The van der Waals surface area contributed by atoms with Crippen LogP contribution in [-0.4, -0.2) is 15.9 Å². The van der Waals surface area contributed by atoms with Gasteiger partial charge in [0.05, 0.1) is 22.1 Å². The first-order chi connectivity index (χ1) is 10.2. The number of fused-ring (bicyclic) bond motifs is 1. The first-order valence-electron chi connectivity index (χ1n) is 6.93. The largest absolute Gasteiger partial charge is 0.376 e. The quantitative estimate of drug-likeness (QED) is 0.688. The van der Waals surface area contributed by atoms with Crippen molar-refractivity contribution in [2.75, 3.05) is 5.32 Å². The Kier molecular flexibility index (Phi) is 3.40. The summed E-state index contributed by atoms with van der Waals surface area (Å²) in [5.74, 6) is 0. The number of pyridine rings is 1. The minimum atomic E-state index is -0.428. The molecular weight excluding hydrogens is 268 g/mol. The van der Waals surface area contributed by atoms with Crippen molar-refractivity contribution in [2.24, 2.45) is 0 Å². The van der Waals surface area contributed by atoms with Gasteiger partial charge < -0.3 is 5.32 Å². The highest BCUT2D eigenvalue weighted by molar-refractivity contribution is 5.96. The summed E-state index contributed by atoms with van der Waals surface area (Å²) in [5, 5.41) is 24.2. The highest BCUT2D eigenvalue weighted by Gasteiger charge is 2.23. The maximum Gasteiger partial charge on any atom is 0.311 e. The fourth-order valence-electron chi connectivity index (χ4n) is 2.82. The van der Waals surface area contributed by atoms with Crippen LogP contribution in [0.2, 0.25) is 0 Å². The van der Waals surface area contributed by atoms with Crippen LogP contribution in [0.5, 0.6) is 0 Å². The number of aromatic nitrogens is 1. The van der Waals surface area contributed by atoms with Crippen LogP contribution in [0, 0.1) is 21.4 Å². The van der Waals surface area contributed by atoms with Crippen molar-refractivity contribution in [1.82, 2.24) is 4.98 Å². The minimum absolute atomic E-state index is 0.0375. The Morgan fingerprint density at radius 1 is 1.38 bits per heavy atom. The van der Waals surface area contributed by atoms with Gasteiger partial charge in [-0.3, -0.25) is 10.1 Å². The third-order valence-electron chi connectivity index (χ3n) is 3.88. The lowest BCUT2D eigenvalue weighted by atomic mass is 10.1. The van der Waals surface area contributed by atoms with E-state index in [1.54, 1.807) is 18.2 Å². The van der Waals surface area contributed by atoms with Gasteiger partial charge in [-0.15, -0.1) is 0 Å². The molecule has 0 radical (unpaired) electrons. The van der Waals surface area contributed by atoms with Crippen LogP contribution in [-0.2, 0) is 0 Å². The maximum atomic E-state index is 11.3. The molecule has 1 aromatic carbocycles. The zero-order chi connectivity index (χ0) is 14.8. The normalized spacial score (nSPS) is 15.0. The van der Waals surface area contributed by atoms with Crippen LogP contribution in [0.3, 0.4) is 0 Å². The summed E-state index contributed by atoms with van der Waals surface area (Å²) >= 11 is 0. The summed E-state index contributed by atoms with van der Waals surface area (Å²) in [7, 11) is 0. The Bertz CT molecular complexity index is 745. The molecular formula is C15H14N4O2. The van der Waals surface area contributed by atoms with Gasteiger partial charge in [-0.25, -0.2) is 4.98 Å². The Hall–Kier alpha value is -2.68. The van der Waals surface area contributed by atoms with E-state index in [2.05, 4.69) is 16.4 Å². The van der Waals surface area contributed by atoms with Crippen LogP contribution in [0.25, 0.3) is 10.9 Å². The average molecular weight is 282 g/mol. The monoisotopic (exact) mass is 282 g/mol. The molecule has 0 aliphatic heterocycles. The summed E-state index contributed by atoms with van der Waals surface area (Å²) in [6, 6.07) is 7.36. The maximum absolute atomic E-state index is 11.3. The van der Waals surface area contributed by atoms with Gasteiger partial charge in [-0.2, -0.15) is 5.26 Å². The Balaban J connectivity index is 2.16. The Labute approximate surface area is 121 Å². The van der Waals surface area contributed by atoms with E-state index < -0.39 is 4.92 Å². The number of rotatable bonds is 3. The predicted molar refractivity (Wildman–Crippen MR) is 79.0 cm³/mol. The molecule has 2 aromatic rings. The van der Waals surface area contributed by atoms with Crippen molar-refractivity contribution in [1.29, 1.82) is 5.26 Å². The van der Waals surface area contributed by atoms with E-state index in [4.69, 9.17) is 5.26 Å². The predicted octanol–water partition coefficient (Wildman–Crippen LogP) is 3.37. The average Bonchev–Trinajstić information content (AvgIpc) is 2.99. The van der Waals surface area contributed by atoms with Gasteiger partial charge in [-0.1, -0.05) is 12.8 Å². The van der Waals surface area contributed by atoms with Gasteiger partial charge >= 0.3 is 5.69 Å². The second-order valence-corrected chi connectivity index (χ2v) is 5.24. The third-order valence-corrected chi connectivity index (χ3v) is 3.88. The molecule has 0 unspecified atom stereocenters. The van der Waals surface area contributed by atoms with E-state index in [1.165, 1.54) is 6.20 Å². The molecule has 0 atom stereocenters. The van der Waals surface area contributed by atoms with Crippen LogP contribution in [0.15, 0.2) is 24.4 Å². The standard InChI is InChI=1S/C15H14N4O2/c16-8-10-5-6-13-12(7-10)15(14(9-17-13)19(20)21)18-11-3-1-2-4-11/h5-7,9,11H,1-4H2,(H,17,18). The number of hydrogen-bond acceptors (Lipinski definition) is 5. The number of nitrogens with one attached hydrogen (secondary N) is 1. The number of anilines is 1. The van der Waals surface area contributed by atoms with Gasteiger partial charge in [0.2, 0.25) is 0 Å². The van der Waals surface area contributed by atoms with Crippen molar-refractivity contribution < 1.29 is 4.92 Å². The van der Waals surface area contributed by atoms with Crippen LogP contribution >= 0.6 is 0 Å². The number of benzene rings is 1. The summed E-state index contributed by atoms with van der Waals surface area (Å²) in [5.41, 5.74) is 1.57.